The highest BCUT2D eigenvalue weighted by Crippen LogP contribution is 2.40. The summed E-state index contributed by atoms with van der Waals surface area (Å²) in [4.78, 5) is 33.0. The fourth-order valence-corrected chi connectivity index (χ4v) is 5.25. The zero-order chi connectivity index (χ0) is 28.1. The van der Waals surface area contributed by atoms with E-state index in [2.05, 4.69) is 40.7 Å². The molecule has 0 radical (unpaired) electrons. The van der Waals surface area contributed by atoms with Gasteiger partial charge in [-0.25, -0.2) is 13.8 Å². The zero-order valence-electron chi connectivity index (χ0n) is 22.3. The van der Waals surface area contributed by atoms with Crippen molar-refractivity contribution >= 4 is 28.3 Å². The van der Waals surface area contributed by atoms with E-state index in [1.165, 1.54) is 12.1 Å². The molecule has 0 spiro atoms. The van der Waals surface area contributed by atoms with Crippen molar-refractivity contribution < 1.29 is 13.6 Å². The minimum atomic E-state index is -0.971. The number of carbonyl (C=O) groups is 1. The van der Waals surface area contributed by atoms with Crippen LogP contribution < -0.4 is 21.5 Å². The highest BCUT2D eigenvalue weighted by molar-refractivity contribution is 6.08. The van der Waals surface area contributed by atoms with Crippen LogP contribution in [0.2, 0.25) is 0 Å². The molecule has 1 aliphatic rings. The van der Waals surface area contributed by atoms with Crippen LogP contribution in [-0.4, -0.2) is 44.4 Å². The number of fused-ring (bicyclic) bond motifs is 1. The molecule has 2 aromatic carbocycles. The smallest absolute Gasteiger partial charge is 0.276 e. The van der Waals surface area contributed by atoms with Crippen LogP contribution in [-0.2, 0) is 12.5 Å². The van der Waals surface area contributed by atoms with E-state index in [1.807, 2.05) is 19.2 Å². The van der Waals surface area contributed by atoms with Crippen molar-refractivity contribution in [3.63, 3.8) is 0 Å². The molecule has 1 atom stereocenters. The second-order valence-corrected chi connectivity index (χ2v) is 10.8. The van der Waals surface area contributed by atoms with Crippen molar-refractivity contribution in [2.45, 2.75) is 45.1 Å². The van der Waals surface area contributed by atoms with E-state index in [1.54, 1.807) is 0 Å². The van der Waals surface area contributed by atoms with Gasteiger partial charge in [0, 0.05) is 37.7 Å². The van der Waals surface area contributed by atoms with Crippen molar-refractivity contribution in [3.05, 3.63) is 76.0 Å². The molecule has 2 aromatic heterocycles. The van der Waals surface area contributed by atoms with Crippen LogP contribution in [0.25, 0.3) is 16.7 Å². The monoisotopic (exact) mass is 535 g/mol. The predicted molar refractivity (Wildman–Crippen MR) is 147 cm³/mol. The Morgan fingerprint density at radius 3 is 2.49 bits per heavy atom. The predicted octanol–water partition coefficient (Wildman–Crippen LogP) is 3.87. The maximum absolute atomic E-state index is 14.4. The van der Waals surface area contributed by atoms with Gasteiger partial charge < -0.3 is 20.5 Å². The van der Waals surface area contributed by atoms with Crippen LogP contribution in [0.3, 0.4) is 0 Å². The molecule has 11 heteroatoms. The Morgan fingerprint density at radius 1 is 1.10 bits per heavy atom. The van der Waals surface area contributed by atoms with E-state index in [0.29, 0.717) is 16.9 Å². The first-order chi connectivity index (χ1) is 18.5. The number of rotatable bonds is 5. The summed E-state index contributed by atoms with van der Waals surface area (Å²) in [6.45, 7) is 7.47. The standard InChI is InChI=1S/C28H31F2N7O2/c1-28(2,3)27-33-23-21(35(27)4)12-10-19(25(23)36-14-6-7-16(36)15-31)32-26(39)20-11-13-22(38)37(34-20)24-17(29)8-5-9-18(24)30/h5,8-13,16H,6-7,14-15,31H2,1-4H3,(H,32,39). The lowest BCUT2D eigenvalue weighted by atomic mass is 9.96. The van der Waals surface area contributed by atoms with E-state index < -0.39 is 28.8 Å². The molecule has 1 saturated heterocycles. The molecule has 4 aromatic rings. The lowest BCUT2D eigenvalue weighted by Gasteiger charge is -2.28. The molecule has 1 aliphatic heterocycles. The van der Waals surface area contributed by atoms with E-state index in [-0.39, 0.29) is 17.2 Å². The summed E-state index contributed by atoms with van der Waals surface area (Å²) < 4.78 is 31.4. The fraction of sp³-hybridized carbons (Fsp3) is 0.357. The number of nitrogens with two attached hydrogens (primary N) is 1. The van der Waals surface area contributed by atoms with Crippen LogP contribution in [0, 0.1) is 11.6 Å². The summed E-state index contributed by atoms with van der Waals surface area (Å²) in [5.74, 6) is -1.69. The van der Waals surface area contributed by atoms with Crippen LogP contribution in [0.15, 0.2) is 47.3 Å². The fourth-order valence-electron chi connectivity index (χ4n) is 5.25. The van der Waals surface area contributed by atoms with Gasteiger partial charge in [-0.3, -0.25) is 9.59 Å². The number of para-hydroxylation sites is 1. The first-order valence-corrected chi connectivity index (χ1v) is 12.8. The molecule has 1 fully saturated rings. The Bertz CT molecular complexity index is 1620. The summed E-state index contributed by atoms with van der Waals surface area (Å²) in [7, 11) is 1.97. The molecule has 3 N–H and O–H groups in total. The van der Waals surface area contributed by atoms with Gasteiger partial charge in [-0.1, -0.05) is 26.8 Å². The second-order valence-electron chi connectivity index (χ2n) is 10.8. The number of nitrogens with one attached hydrogen (secondary N) is 1. The Balaban J connectivity index is 1.61. The van der Waals surface area contributed by atoms with E-state index in [4.69, 9.17) is 10.7 Å². The number of halogens is 2. The lowest BCUT2D eigenvalue weighted by molar-refractivity contribution is 0.102. The van der Waals surface area contributed by atoms with Gasteiger partial charge in [0.15, 0.2) is 11.6 Å². The van der Waals surface area contributed by atoms with Crippen molar-refractivity contribution in [2.24, 2.45) is 12.8 Å². The van der Waals surface area contributed by atoms with Gasteiger partial charge in [-0.2, -0.15) is 9.78 Å². The van der Waals surface area contributed by atoms with Crippen molar-refractivity contribution in [1.82, 2.24) is 19.3 Å². The molecule has 0 bridgehead atoms. The van der Waals surface area contributed by atoms with Crippen molar-refractivity contribution in [3.8, 4) is 5.69 Å². The summed E-state index contributed by atoms with van der Waals surface area (Å²) in [5, 5.41) is 6.89. The summed E-state index contributed by atoms with van der Waals surface area (Å²) in [6.07, 6.45) is 1.87. The zero-order valence-corrected chi connectivity index (χ0v) is 22.3. The molecule has 1 unspecified atom stereocenters. The van der Waals surface area contributed by atoms with E-state index >= 15 is 0 Å². The normalized spacial score (nSPS) is 15.8. The molecule has 204 valence electrons. The topological polar surface area (TPSA) is 111 Å². The number of benzene rings is 2. The molecule has 39 heavy (non-hydrogen) atoms. The minimum Gasteiger partial charge on any atom is -0.364 e. The number of hydrogen-bond acceptors (Lipinski definition) is 6. The Kier molecular flexibility index (Phi) is 6.71. The average Bonchev–Trinajstić information content (AvgIpc) is 3.49. The van der Waals surface area contributed by atoms with Gasteiger partial charge in [0.1, 0.15) is 22.7 Å². The number of carbonyl (C=O) groups excluding carboxylic acids is 1. The maximum Gasteiger partial charge on any atom is 0.276 e. The summed E-state index contributed by atoms with van der Waals surface area (Å²) >= 11 is 0. The highest BCUT2D eigenvalue weighted by Gasteiger charge is 2.31. The summed E-state index contributed by atoms with van der Waals surface area (Å²) in [6, 6.07) is 9.28. The van der Waals surface area contributed by atoms with Crippen molar-refractivity contribution in [1.29, 1.82) is 0 Å². The Hall–Kier alpha value is -4.12. The third kappa shape index (κ3) is 4.67. The number of anilines is 2. The molecule has 5 rings (SSSR count). The third-order valence-corrected chi connectivity index (χ3v) is 7.06. The van der Waals surface area contributed by atoms with Gasteiger partial charge in [0.05, 0.1) is 16.9 Å². The summed E-state index contributed by atoms with van der Waals surface area (Å²) in [5.41, 5.74) is 7.20. The first-order valence-electron chi connectivity index (χ1n) is 12.8. The van der Waals surface area contributed by atoms with E-state index in [0.717, 1.165) is 60.1 Å². The third-order valence-electron chi connectivity index (χ3n) is 7.06. The number of aryl methyl sites for hydroxylation is 1. The van der Waals surface area contributed by atoms with Crippen LogP contribution in [0.4, 0.5) is 20.2 Å². The minimum absolute atomic E-state index is 0.0791. The van der Waals surface area contributed by atoms with Crippen molar-refractivity contribution in [2.75, 3.05) is 23.3 Å². The number of amides is 1. The van der Waals surface area contributed by atoms with Crippen LogP contribution in [0.5, 0.6) is 0 Å². The molecule has 0 aliphatic carbocycles. The lowest BCUT2D eigenvalue weighted by Crippen LogP contribution is -2.36. The quantitative estimate of drug-likeness (QED) is 0.401. The van der Waals surface area contributed by atoms with Gasteiger partial charge in [0.25, 0.3) is 11.5 Å². The van der Waals surface area contributed by atoms with Crippen LogP contribution in [0.1, 0.15) is 49.9 Å². The Labute approximate surface area is 224 Å². The number of nitrogens with zero attached hydrogens (tertiary/aromatic N) is 5. The van der Waals surface area contributed by atoms with Gasteiger partial charge in [-0.15, -0.1) is 0 Å². The molecule has 1 amide bonds. The highest BCUT2D eigenvalue weighted by atomic mass is 19.1. The first kappa shape index (κ1) is 26.5. The average molecular weight is 536 g/mol. The SMILES string of the molecule is Cn1c(C(C)(C)C)nc2c(N3CCCC3CN)c(NC(=O)c3ccc(=O)n(-c4c(F)cccc4F)n3)ccc21. The Morgan fingerprint density at radius 2 is 1.82 bits per heavy atom. The second kappa shape index (κ2) is 9.88. The largest absolute Gasteiger partial charge is 0.364 e. The number of hydrogen-bond donors (Lipinski definition) is 2. The molecule has 0 saturated carbocycles. The van der Waals surface area contributed by atoms with E-state index in [9.17, 15) is 18.4 Å². The molecular formula is C28H31F2N7O2. The van der Waals surface area contributed by atoms with Crippen LogP contribution >= 0.6 is 0 Å². The number of imidazole rings is 1. The van der Waals surface area contributed by atoms with Gasteiger partial charge >= 0.3 is 0 Å². The molecule has 3 heterocycles. The maximum atomic E-state index is 14.4. The van der Waals surface area contributed by atoms with Gasteiger partial charge in [0.2, 0.25) is 0 Å². The molecular weight excluding hydrogens is 504 g/mol. The van der Waals surface area contributed by atoms with Gasteiger partial charge in [-0.05, 0) is 43.2 Å². The molecule has 9 nitrogen and oxygen atoms in total. The number of aromatic nitrogens is 4.